The van der Waals surface area contributed by atoms with E-state index in [1.807, 2.05) is 0 Å². The van der Waals surface area contributed by atoms with E-state index in [9.17, 15) is 0 Å². The lowest BCUT2D eigenvalue weighted by Crippen LogP contribution is -2.05. The van der Waals surface area contributed by atoms with Gasteiger partial charge in [-0.2, -0.15) is 0 Å². The van der Waals surface area contributed by atoms with Crippen LogP contribution in [0.25, 0.3) is 49.3 Å². The summed E-state index contributed by atoms with van der Waals surface area (Å²) in [6.07, 6.45) is 0. The standard InChI is InChI=1S/C42H30N2S/c1-4-14-31(15-5-1)45(32-16-6-2-7-17-32,33-18-8-3-9-19-33)34-25-27-40-38(29-34)37-28-30(24-26-39(37)43-40)44-41-22-12-10-20-35(41)36-21-11-13-23-42(36)44/h1-29,43H. The second kappa shape index (κ2) is 10.3. The molecule has 9 rings (SSSR count). The van der Waals surface area contributed by atoms with Crippen molar-refractivity contribution < 1.29 is 0 Å². The molecule has 214 valence electrons. The van der Waals surface area contributed by atoms with Crippen LogP contribution in [-0.2, 0) is 0 Å². The number of fused-ring (bicyclic) bond motifs is 6. The Labute approximate surface area is 263 Å². The summed E-state index contributed by atoms with van der Waals surface area (Å²) in [5, 5.41) is 5.02. The number of rotatable bonds is 5. The maximum Gasteiger partial charge on any atom is 0.0541 e. The number of hydrogen-bond acceptors (Lipinski definition) is 0. The zero-order chi connectivity index (χ0) is 29.8. The van der Waals surface area contributed by atoms with Gasteiger partial charge in [-0.15, -0.1) is 10.0 Å². The van der Waals surface area contributed by atoms with E-state index >= 15 is 0 Å². The molecule has 0 saturated carbocycles. The number of aromatic amines is 1. The Balaban J connectivity index is 1.34. The zero-order valence-electron chi connectivity index (χ0n) is 24.6. The molecule has 9 aromatic rings. The number of benzene rings is 7. The fourth-order valence-corrected chi connectivity index (χ4v) is 11.0. The van der Waals surface area contributed by atoms with E-state index in [1.54, 1.807) is 0 Å². The van der Waals surface area contributed by atoms with Crippen LogP contribution in [0.3, 0.4) is 0 Å². The summed E-state index contributed by atoms with van der Waals surface area (Å²) in [6, 6.07) is 64.5. The normalized spacial score (nSPS) is 12.4. The van der Waals surface area contributed by atoms with Crippen LogP contribution < -0.4 is 0 Å². The third-order valence-corrected chi connectivity index (χ3v) is 12.9. The largest absolute Gasteiger partial charge is 0.355 e. The minimum atomic E-state index is -1.78. The van der Waals surface area contributed by atoms with Crippen LogP contribution >= 0.6 is 10.0 Å². The minimum Gasteiger partial charge on any atom is -0.355 e. The van der Waals surface area contributed by atoms with Crippen molar-refractivity contribution in [3.63, 3.8) is 0 Å². The maximum atomic E-state index is 3.72. The van der Waals surface area contributed by atoms with Crippen molar-refractivity contribution in [1.82, 2.24) is 9.55 Å². The molecule has 0 saturated heterocycles. The summed E-state index contributed by atoms with van der Waals surface area (Å²) < 4.78 is 2.40. The Bertz CT molecular complexity index is 2320. The lowest BCUT2D eigenvalue weighted by Gasteiger charge is -2.42. The van der Waals surface area contributed by atoms with E-state index in [0.29, 0.717) is 0 Å². The molecule has 0 spiro atoms. The van der Waals surface area contributed by atoms with Gasteiger partial charge in [-0.05, 0) is 84.9 Å². The first-order valence-electron chi connectivity index (χ1n) is 15.4. The quantitative estimate of drug-likeness (QED) is 0.205. The van der Waals surface area contributed by atoms with Crippen LogP contribution in [0.5, 0.6) is 0 Å². The molecule has 0 atom stereocenters. The highest BCUT2D eigenvalue weighted by Gasteiger charge is 2.33. The molecule has 1 N–H and O–H groups in total. The Morgan fingerprint density at radius 1 is 0.356 bits per heavy atom. The van der Waals surface area contributed by atoms with Crippen molar-refractivity contribution in [1.29, 1.82) is 0 Å². The Morgan fingerprint density at radius 2 is 0.800 bits per heavy atom. The van der Waals surface area contributed by atoms with E-state index in [2.05, 4.69) is 185 Å². The third kappa shape index (κ3) is 3.91. The van der Waals surface area contributed by atoms with Gasteiger partial charge in [0.1, 0.15) is 0 Å². The van der Waals surface area contributed by atoms with Crippen LogP contribution in [0.4, 0.5) is 0 Å². The SMILES string of the molecule is c1ccc(S(c2ccccc2)(c2ccccc2)c2ccc3[nH]c4ccc(-n5c6ccccc6c6ccccc65)cc4c3c2)cc1. The molecular weight excluding hydrogens is 565 g/mol. The Hall–Kier alpha value is -5.51. The van der Waals surface area contributed by atoms with Gasteiger partial charge in [-0.25, -0.2) is 0 Å². The molecule has 0 aliphatic carbocycles. The molecule has 0 aliphatic heterocycles. The molecule has 0 radical (unpaired) electrons. The van der Waals surface area contributed by atoms with Crippen LogP contribution in [0.15, 0.2) is 196 Å². The van der Waals surface area contributed by atoms with Crippen LogP contribution in [0.1, 0.15) is 0 Å². The number of H-pyrrole nitrogens is 1. The molecule has 0 unspecified atom stereocenters. The molecule has 3 heteroatoms. The molecule has 2 nitrogen and oxygen atoms in total. The maximum absolute atomic E-state index is 3.72. The van der Waals surface area contributed by atoms with E-state index in [-0.39, 0.29) is 0 Å². The highest BCUT2D eigenvalue weighted by Crippen LogP contribution is 2.73. The summed E-state index contributed by atoms with van der Waals surface area (Å²) in [7, 11) is -1.78. The molecule has 45 heavy (non-hydrogen) atoms. The number of para-hydroxylation sites is 2. The molecule has 2 heterocycles. The number of nitrogens with one attached hydrogen (secondary N) is 1. The second-order valence-corrected chi connectivity index (χ2v) is 14.6. The van der Waals surface area contributed by atoms with Gasteiger partial charge in [0.2, 0.25) is 0 Å². The van der Waals surface area contributed by atoms with Gasteiger partial charge in [0.05, 0.1) is 11.0 Å². The van der Waals surface area contributed by atoms with Crippen molar-refractivity contribution in [2.45, 2.75) is 19.6 Å². The predicted molar refractivity (Wildman–Crippen MR) is 190 cm³/mol. The molecule has 7 aromatic carbocycles. The topological polar surface area (TPSA) is 20.7 Å². The van der Waals surface area contributed by atoms with Crippen molar-refractivity contribution in [3.8, 4) is 5.69 Å². The van der Waals surface area contributed by atoms with Crippen molar-refractivity contribution >= 4 is 53.6 Å². The number of aromatic nitrogens is 2. The molecule has 0 bridgehead atoms. The summed E-state index contributed by atoms with van der Waals surface area (Å²) in [6.45, 7) is 0. The minimum absolute atomic E-state index is 1.14. The van der Waals surface area contributed by atoms with E-state index < -0.39 is 10.0 Å². The fourth-order valence-electron chi connectivity index (χ4n) is 7.08. The summed E-state index contributed by atoms with van der Waals surface area (Å²) in [5.41, 5.74) is 5.90. The molecular formula is C42H30N2S. The lowest BCUT2D eigenvalue weighted by molar-refractivity contribution is 1.19. The van der Waals surface area contributed by atoms with Gasteiger partial charge in [0, 0.05) is 57.8 Å². The average Bonchev–Trinajstić information content (AvgIpc) is 3.65. The van der Waals surface area contributed by atoms with Gasteiger partial charge in [-0.3, -0.25) is 0 Å². The van der Waals surface area contributed by atoms with Crippen molar-refractivity contribution in [3.05, 3.63) is 176 Å². The Morgan fingerprint density at radius 3 is 1.33 bits per heavy atom. The third-order valence-electron chi connectivity index (χ3n) is 9.04. The van der Waals surface area contributed by atoms with Crippen LogP contribution in [-0.4, -0.2) is 9.55 Å². The first kappa shape index (κ1) is 25.9. The number of hydrogen-bond donors (Lipinski definition) is 1. The van der Waals surface area contributed by atoms with Gasteiger partial charge in [0.15, 0.2) is 0 Å². The lowest BCUT2D eigenvalue weighted by atomic mass is 10.1. The van der Waals surface area contributed by atoms with Gasteiger partial charge >= 0.3 is 0 Å². The van der Waals surface area contributed by atoms with Gasteiger partial charge in [0.25, 0.3) is 0 Å². The monoisotopic (exact) mass is 594 g/mol. The summed E-state index contributed by atoms with van der Waals surface area (Å²) in [5.74, 6) is 0. The average molecular weight is 595 g/mol. The van der Waals surface area contributed by atoms with Crippen LogP contribution in [0, 0.1) is 0 Å². The first-order valence-corrected chi connectivity index (χ1v) is 17.0. The summed E-state index contributed by atoms with van der Waals surface area (Å²) >= 11 is 0. The van der Waals surface area contributed by atoms with Crippen molar-refractivity contribution in [2.24, 2.45) is 0 Å². The smallest absolute Gasteiger partial charge is 0.0541 e. The number of nitrogens with zero attached hydrogens (tertiary/aromatic N) is 1. The molecule has 2 aromatic heterocycles. The zero-order valence-corrected chi connectivity index (χ0v) is 25.4. The van der Waals surface area contributed by atoms with E-state index in [0.717, 1.165) is 11.0 Å². The van der Waals surface area contributed by atoms with Crippen molar-refractivity contribution in [2.75, 3.05) is 0 Å². The molecule has 0 amide bonds. The van der Waals surface area contributed by atoms with Gasteiger partial charge in [-0.1, -0.05) is 91.0 Å². The molecule has 0 aliphatic rings. The highest BCUT2D eigenvalue weighted by molar-refractivity contribution is 8.34. The molecule has 0 fully saturated rings. The summed E-state index contributed by atoms with van der Waals surface area (Å²) in [4.78, 5) is 9.02. The Kier molecular flexibility index (Phi) is 5.93. The fraction of sp³-hybridized carbons (Fsp3) is 0. The second-order valence-electron chi connectivity index (χ2n) is 11.5. The van der Waals surface area contributed by atoms with Gasteiger partial charge < -0.3 is 9.55 Å². The predicted octanol–water partition coefficient (Wildman–Crippen LogP) is 11.8. The highest BCUT2D eigenvalue weighted by atomic mass is 32.3. The van der Waals surface area contributed by atoms with E-state index in [1.165, 1.54) is 57.8 Å². The van der Waals surface area contributed by atoms with Crippen LogP contribution in [0.2, 0.25) is 0 Å². The van der Waals surface area contributed by atoms with E-state index in [4.69, 9.17) is 0 Å². The first-order chi connectivity index (χ1) is 22.3.